The first-order chi connectivity index (χ1) is 14.7. The van der Waals surface area contributed by atoms with Gasteiger partial charge < -0.3 is 4.74 Å². The van der Waals surface area contributed by atoms with Gasteiger partial charge in [0.1, 0.15) is 6.61 Å². The Hall–Kier alpha value is -2.35. The van der Waals surface area contributed by atoms with Crippen LogP contribution in [0.5, 0.6) is 5.75 Å². The van der Waals surface area contributed by atoms with E-state index >= 15 is 0 Å². The number of allylic oxidation sites excluding steroid dienone is 2. The van der Waals surface area contributed by atoms with Crippen LogP contribution in [-0.2, 0) is 0 Å². The molecule has 2 aromatic carbocycles. The van der Waals surface area contributed by atoms with E-state index in [0.29, 0.717) is 12.5 Å². The molecule has 2 aromatic rings. The molecule has 30 heavy (non-hydrogen) atoms. The molecule has 0 bridgehead atoms. The molecule has 158 valence electrons. The number of fused-ring (bicyclic) bond motifs is 1. The van der Waals surface area contributed by atoms with Gasteiger partial charge in [-0.3, -0.25) is 0 Å². The first-order valence-corrected chi connectivity index (χ1v) is 11.4. The third-order valence-corrected chi connectivity index (χ3v) is 7.12. The van der Waals surface area contributed by atoms with Crippen molar-refractivity contribution in [2.75, 3.05) is 6.61 Å². The lowest BCUT2D eigenvalue weighted by molar-refractivity contribution is 0.133. The lowest BCUT2D eigenvalue weighted by atomic mass is 9.64. The summed E-state index contributed by atoms with van der Waals surface area (Å²) in [5, 5.41) is 0. The predicted octanol–water partition coefficient (Wildman–Crippen LogP) is 7.93. The molecule has 4 rings (SSSR count). The smallest absolute Gasteiger partial charge is 0.165 e. The second kappa shape index (κ2) is 9.64. The van der Waals surface area contributed by atoms with Crippen LogP contribution in [0.3, 0.4) is 0 Å². The summed E-state index contributed by atoms with van der Waals surface area (Å²) < 4.78 is 19.6. The van der Waals surface area contributed by atoms with Gasteiger partial charge in [0.15, 0.2) is 11.6 Å². The van der Waals surface area contributed by atoms with Crippen LogP contribution in [0.2, 0.25) is 0 Å². The van der Waals surface area contributed by atoms with E-state index in [9.17, 15) is 4.39 Å². The van der Waals surface area contributed by atoms with Crippen molar-refractivity contribution in [3.8, 4) is 16.9 Å². The van der Waals surface area contributed by atoms with E-state index in [0.717, 1.165) is 28.9 Å². The van der Waals surface area contributed by atoms with Crippen LogP contribution in [0, 0.1) is 23.6 Å². The van der Waals surface area contributed by atoms with Crippen molar-refractivity contribution in [1.82, 2.24) is 0 Å². The molecule has 0 aromatic heterocycles. The Morgan fingerprint density at radius 3 is 2.43 bits per heavy atom. The molecule has 2 heteroatoms. The second-order valence-corrected chi connectivity index (χ2v) is 9.00. The molecule has 0 radical (unpaired) electrons. The lowest BCUT2D eigenvalue weighted by Crippen LogP contribution is -2.30. The fourth-order valence-electron chi connectivity index (χ4n) is 5.57. The average molecular weight is 405 g/mol. The van der Waals surface area contributed by atoms with E-state index in [1.165, 1.54) is 44.1 Å². The molecule has 0 heterocycles. The molecule has 4 atom stereocenters. The molecule has 0 amide bonds. The maximum Gasteiger partial charge on any atom is 0.165 e. The highest BCUT2D eigenvalue weighted by Crippen LogP contribution is 2.48. The van der Waals surface area contributed by atoms with Crippen molar-refractivity contribution in [2.24, 2.45) is 17.8 Å². The second-order valence-electron chi connectivity index (χ2n) is 9.00. The summed E-state index contributed by atoms with van der Waals surface area (Å²) in [5.74, 6) is 3.23. The summed E-state index contributed by atoms with van der Waals surface area (Å²) in [4.78, 5) is 0. The van der Waals surface area contributed by atoms with Gasteiger partial charge >= 0.3 is 0 Å². The number of halogens is 1. The molecule has 0 N–H and O–H groups in total. The Balaban J connectivity index is 1.41. The van der Waals surface area contributed by atoms with Crippen LogP contribution in [0.25, 0.3) is 11.1 Å². The van der Waals surface area contributed by atoms with Crippen molar-refractivity contribution < 1.29 is 9.13 Å². The molecule has 4 unspecified atom stereocenters. The number of benzene rings is 2. The van der Waals surface area contributed by atoms with E-state index in [2.05, 4.69) is 49.9 Å². The van der Waals surface area contributed by atoms with Gasteiger partial charge in [-0.1, -0.05) is 55.1 Å². The first-order valence-electron chi connectivity index (χ1n) is 11.4. The molecular formula is C28H33FO. The molecule has 0 aliphatic heterocycles. The molecule has 0 spiro atoms. The summed E-state index contributed by atoms with van der Waals surface area (Å²) in [6.07, 6.45) is 14.4. The van der Waals surface area contributed by atoms with Crippen molar-refractivity contribution in [3.63, 3.8) is 0 Å². The summed E-state index contributed by atoms with van der Waals surface area (Å²) in [6.45, 7) is 6.05. The monoisotopic (exact) mass is 404 g/mol. The zero-order chi connectivity index (χ0) is 20.9. The minimum absolute atomic E-state index is 0.274. The van der Waals surface area contributed by atoms with Crippen LogP contribution in [0.15, 0.2) is 67.3 Å². The summed E-state index contributed by atoms with van der Waals surface area (Å²) in [6, 6.07) is 14.0. The van der Waals surface area contributed by atoms with Gasteiger partial charge in [0, 0.05) is 0 Å². The summed E-state index contributed by atoms with van der Waals surface area (Å²) >= 11 is 0. The van der Waals surface area contributed by atoms with Crippen LogP contribution in [0.4, 0.5) is 4.39 Å². The normalized spacial score (nSPS) is 26.3. The SMILES string of the molecule is C=CCOc1ccc(-c2ccc(C3CCC4CC(/C=C/C)CCC4C3)cc2)cc1F. The summed E-state index contributed by atoms with van der Waals surface area (Å²) in [5.41, 5.74) is 3.38. The number of hydrogen-bond acceptors (Lipinski definition) is 1. The highest BCUT2D eigenvalue weighted by Gasteiger charge is 2.35. The van der Waals surface area contributed by atoms with Gasteiger partial charge in [0.25, 0.3) is 0 Å². The average Bonchev–Trinajstić information content (AvgIpc) is 2.78. The highest BCUT2D eigenvalue weighted by molar-refractivity contribution is 5.64. The number of ether oxygens (including phenoxy) is 1. The standard InChI is InChI=1S/C28H33FO/c1-3-5-20-6-7-25-18-24(13-12-23(25)17-20)21-8-10-22(11-9-21)26-14-15-28(27(29)19-26)30-16-4-2/h3-5,8-11,14-15,19-20,23-25H,2,6-7,12-13,16-18H2,1H3/b5-3+. The van der Waals surface area contributed by atoms with E-state index in [-0.39, 0.29) is 11.6 Å². The van der Waals surface area contributed by atoms with Gasteiger partial charge in [0.2, 0.25) is 0 Å². The fraction of sp³-hybridized carbons (Fsp3) is 0.429. The van der Waals surface area contributed by atoms with Gasteiger partial charge in [-0.2, -0.15) is 0 Å². The molecule has 2 saturated carbocycles. The Morgan fingerprint density at radius 1 is 0.967 bits per heavy atom. The molecule has 2 aliphatic rings. The Kier molecular flexibility index (Phi) is 6.72. The molecule has 2 aliphatic carbocycles. The van der Waals surface area contributed by atoms with Crippen LogP contribution < -0.4 is 4.74 Å². The minimum Gasteiger partial charge on any atom is -0.486 e. The van der Waals surface area contributed by atoms with E-state index in [1.807, 2.05) is 6.07 Å². The number of hydrogen-bond donors (Lipinski definition) is 0. The molecular weight excluding hydrogens is 371 g/mol. The van der Waals surface area contributed by atoms with Crippen LogP contribution in [0.1, 0.15) is 56.9 Å². The quantitative estimate of drug-likeness (QED) is 0.444. The van der Waals surface area contributed by atoms with Crippen molar-refractivity contribution in [3.05, 3.63) is 78.7 Å². The van der Waals surface area contributed by atoms with Gasteiger partial charge in [-0.05, 0) is 97.9 Å². The first kappa shape index (κ1) is 20.9. The largest absolute Gasteiger partial charge is 0.486 e. The van der Waals surface area contributed by atoms with Gasteiger partial charge in [0.05, 0.1) is 0 Å². The van der Waals surface area contributed by atoms with Crippen molar-refractivity contribution >= 4 is 0 Å². The number of rotatable bonds is 6. The highest BCUT2D eigenvalue weighted by atomic mass is 19.1. The zero-order valence-electron chi connectivity index (χ0n) is 18.0. The Labute approximate surface area is 180 Å². The van der Waals surface area contributed by atoms with E-state index in [4.69, 9.17) is 4.74 Å². The Morgan fingerprint density at radius 2 is 1.70 bits per heavy atom. The van der Waals surface area contributed by atoms with Gasteiger partial charge in [-0.15, -0.1) is 0 Å². The Bertz CT molecular complexity index is 882. The van der Waals surface area contributed by atoms with E-state index in [1.54, 1.807) is 18.2 Å². The molecule has 0 saturated heterocycles. The maximum atomic E-state index is 14.3. The summed E-state index contributed by atoms with van der Waals surface area (Å²) in [7, 11) is 0. The topological polar surface area (TPSA) is 9.23 Å². The molecule has 2 fully saturated rings. The van der Waals surface area contributed by atoms with Gasteiger partial charge in [-0.25, -0.2) is 4.39 Å². The van der Waals surface area contributed by atoms with E-state index < -0.39 is 0 Å². The maximum absolute atomic E-state index is 14.3. The zero-order valence-corrected chi connectivity index (χ0v) is 18.0. The third kappa shape index (κ3) is 4.69. The van der Waals surface area contributed by atoms with Crippen molar-refractivity contribution in [1.29, 1.82) is 0 Å². The lowest BCUT2D eigenvalue weighted by Gasteiger charge is -2.41. The van der Waals surface area contributed by atoms with Crippen LogP contribution >= 0.6 is 0 Å². The van der Waals surface area contributed by atoms with Crippen LogP contribution in [-0.4, -0.2) is 6.61 Å². The minimum atomic E-state index is -0.328. The fourth-order valence-corrected chi connectivity index (χ4v) is 5.57. The third-order valence-electron chi connectivity index (χ3n) is 7.12. The molecule has 1 nitrogen and oxygen atoms in total. The van der Waals surface area contributed by atoms with Crippen molar-refractivity contribution in [2.45, 2.75) is 51.4 Å². The predicted molar refractivity (Wildman–Crippen MR) is 123 cm³/mol.